The number of hydrogen-bond donors (Lipinski definition) is 2. The SMILES string of the molecule is Cn1cc([C@@H](CC(=O)O)N2CCN(CCCc3ccc4c(n3)NCCC4)C2=O)cn1. The fraction of sp³-hybridized carbons (Fsp3) is 0.524. The maximum absolute atomic E-state index is 12.9. The van der Waals surface area contributed by atoms with Gasteiger partial charge in [0.25, 0.3) is 0 Å². The lowest BCUT2D eigenvalue weighted by Gasteiger charge is -2.26. The van der Waals surface area contributed by atoms with Crippen LogP contribution in [0.3, 0.4) is 0 Å². The number of carboxylic acids is 1. The van der Waals surface area contributed by atoms with Crippen LogP contribution in [0.25, 0.3) is 0 Å². The highest BCUT2D eigenvalue weighted by molar-refractivity contribution is 5.78. The molecular formula is C21H28N6O3. The number of nitrogens with one attached hydrogen (secondary N) is 1. The van der Waals surface area contributed by atoms with Crippen molar-refractivity contribution >= 4 is 17.8 Å². The van der Waals surface area contributed by atoms with E-state index in [-0.39, 0.29) is 12.5 Å². The van der Waals surface area contributed by atoms with Crippen molar-refractivity contribution < 1.29 is 14.7 Å². The molecule has 1 saturated heterocycles. The van der Waals surface area contributed by atoms with Crippen molar-refractivity contribution in [2.24, 2.45) is 7.05 Å². The lowest BCUT2D eigenvalue weighted by Crippen LogP contribution is -2.36. The predicted octanol–water partition coefficient (Wildman–Crippen LogP) is 2.06. The number of aromatic nitrogens is 3. The van der Waals surface area contributed by atoms with Crippen LogP contribution in [0, 0.1) is 0 Å². The third-order valence-electron chi connectivity index (χ3n) is 5.79. The van der Waals surface area contributed by atoms with Crippen LogP contribution in [0.1, 0.15) is 42.1 Å². The first-order valence-electron chi connectivity index (χ1n) is 10.5. The molecule has 1 fully saturated rings. The molecule has 4 rings (SSSR count). The number of carbonyl (C=O) groups is 2. The van der Waals surface area contributed by atoms with Gasteiger partial charge in [0.05, 0.1) is 18.7 Å². The minimum atomic E-state index is -0.929. The first kappa shape index (κ1) is 20.2. The average Bonchev–Trinajstić information content (AvgIpc) is 3.32. The van der Waals surface area contributed by atoms with E-state index in [0.717, 1.165) is 49.3 Å². The number of pyridine rings is 1. The molecule has 0 bridgehead atoms. The third-order valence-corrected chi connectivity index (χ3v) is 5.79. The van der Waals surface area contributed by atoms with E-state index in [1.54, 1.807) is 29.0 Å². The molecule has 2 N–H and O–H groups in total. The molecule has 9 nitrogen and oxygen atoms in total. The van der Waals surface area contributed by atoms with E-state index < -0.39 is 12.0 Å². The van der Waals surface area contributed by atoms with Gasteiger partial charge in [-0.1, -0.05) is 6.07 Å². The van der Waals surface area contributed by atoms with Gasteiger partial charge in [0.15, 0.2) is 0 Å². The Bertz CT molecular complexity index is 927. The highest BCUT2D eigenvalue weighted by atomic mass is 16.4. The second-order valence-electron chi connectivity index (χ2n) is 7.97. The molecule has 0 aliphatic carbocycles. The number of carbonyl (C=O) groups excluding carboxylic acids is 1. The summed E-state index contributed by atoms with van der Waals surface area (Å²) in [5, 5.41) is 16.8. The smallest absolute Gasteiger partial charge is 0.320 e. The fourth-order valence-electron chi connectivity index (χ4n) is 4.24. The summed E-state index contributed by atoms with van der Waals surface area (Å²) in [5.41, 5.74) is 3.06. The van der Waals surface area contributed by atoms with Crippen molar-refractivity contribution in [3.8, 4) is 0 Å². The molecule has 2 amide bonds. The van der Waals surface area contributed by atoms with Crippen molar-refractivity contribution in [1.29, 1.82) is 0 Å². The number of aliphatic carboxylic acids is 1. The van der Waals surface area contributed by atoms with E-state index in [1.807, 2.05) is 4.90 Å². The van der Waals surface area contributed by atoms with Crippen molar-refractivity contribution in [3.05, 3.63) is 41.3 Å². The van der Waals surface area contributed by atoms with E-state index in [9.17, 15) is 14.7 Å². The molecule has 0 spiro atoms. The fourth-order valence-corrected chi connectivity index (χ4v) is 4.24. The van der Waals surface area contributed by atoms with Gasteiger partial charge < -0.3 is 20.2 Å². The molecule has 0 saturated carbocycles. The van der Waals surface area contributed by atoms with E-state index in [4.69, 9.17) is 4.98 Å². The number of carboxylic acid groups (broad SMARTS) is 1. The molecule has 2 aliphatic heterocycles. The van der Waals surface area contributed by atoms with Crippen LogP contribution in [0.2, 0.25) is 0 Å². The van der Waals surface area contributed by atoms with Gasteiger partial charge in [-0.05, 0) is 37.3 Å². The van der Waals surface area contributed by atoms with Gasteiger partial charge in [-0.2, -0.15) is 5.10 Å². The summed E-state index contributed by atoms with van der Waals surface area (Å²) in [4.78, 5) is 32.5. The Morgan fingerprint density at radius 3 is 2.97 bits per heavy atom. The van der Waals surface area contributed by atoms with Crippen molar-refractivity contribution in [2.45, 2.75) is 38.1 Å². The van der Waals surface area contributed by atoms with Crippen LogP contribution in [0.15, 0.2) is 24.5 Å². The van der Waals surface area contributed by atoms with Gasteiger partial charge in [0.1, 0.15) is 5.82 Å². The van der Waals surface area contributed by atoms with Gasteiger partial charge in [-0.3, -0.25) is 9.48 Å². The number of anilines is 1. The molecule has 0 aromatic carbocycles. The molecule has 0 radical (unpaired) electrons. The van der Waals surface area contributed by atoms with Crippen molar-refractivity contribution in [2.75, 3.05) is 31.5 Å². The molecular weight excluding hydrogens is 384 g/mol. The molecule has 0 unspecified atom stereocenters. The number of fused-ring (bicyclic) bond motifs is 1. The second kappa shape index (κ2) is 8.73. The Kier molecular flexibility index (Phi) is 5.87. The summed E-state index contributed by atoms with van der Waals surface area (Å²) in [6.07, 6.45) is 7.13. The maximum Gasteiger partial charge on any atom is 0.320 e. The first-order valence-corrected chi connectivity index (χ1v) is 10.5. The molecule has 30 heavy (non-hydrogen) atoms. The standard InChI is InChI=1S/C21H28N6O3/c1-25-14-16(13-23-25)18(12-19(28)29)27-11-10-26(21(27)30)9-3-5-17-7-6-15-4-2-8-22-20(15)24-17/h6-7,13-14,18H,2-5,8-12H2,1H3,(H,22,24)(H,28,29)/t18-/m1/s1. The van der Waals surface area contributed by atoms with E-state index in [2.05, 4.69) is 22.5 Å². The topological polar surface area (TPSA) is 104 Å². The summed E-state index contributed by atoms with van der Waals surface area (Å²) >= 11 is 0. The number of aryl methyl sites for hydroxylation is 3. The summed E-state index contributed by atoms with van der Waals surface area (Å²) in [6, 6.07) is 3.62. The van der Waals surface area contributed by atoms with Crippen LogP contribution in [-0.4, -0.2) is 67.9 Å². The van der Waals surface area contributed by atoms with Crippen molar-refractivity contribution in [3.63, 3.8) is 0 Å². The molecule has 160 valence electrons. The normalized spacial score (nSPS) is 17.0. The van der Waals surface area contributed by atoms with Gasteiger partial charge in [-0.15, -0.1) is 0 Å². The van der Waals surface area contributed by atoms with Gasteiger partial charge in [0, 0.05) is 50.7 Å². The Labute approximate surface area is 175 Å². The van der Waals surface area contributed by atoms with Crippen molar-refractivity contribution in [1.82, 2.24) is 24.6 Å². The Morgan fingerprint density at radius 2 is 2.20 bits per heavy atom. The van der Waals surface area contributed by atoms with Crippen LogP contribution < -0.4 is 5.32 Å². The summed E-state index contributed by atoms with van der Waals surface area (Å²) < 4.78 is 1.63. The lowest BCUT2D eigenvalue weighted by molar-refractivity contribution is -0.138. The Hall–Kier alpha value is -3.10. The monoisotopic (exact) mass is 412 g/mol. The Balaban J connectivity index is 1.35. The third kappa shape index (κ3) is 4.39. The van der Waals surface area contributed by atoms with E-state index >= 15 is 0 Å². The number of rotatable bonds is 8. The molecule has 9 heteroatoms. The number of nitrogens with zero attached hydrogens (tertiary/aromatic N) is 5. The summed E-state index contributed by atoms with van der Waals surface area (Å²) in [7, 11) is 1.78. The average molecular weight is 412 g/mol. The minimum Gasteiger partial charge on any atom is -0.481 e. The Morgan fingerprint density at radius 1 is 1.33 bits per heavy atom. The molecule has 4 heterocycles. The van der Waals surface area contributed by atoms with E-state index in [0.29, 0.717) is 19.6 Å². The van der Waals surface area contributed by atoms with Crippen LogP contribution in [-0.2, 0) is 24.7 Å². The number of amides is 2. The van der Waals surface area contributed by atoms with Gasteiger partial charge >= 0.3 is 12.0 Å². The first-order chi connectivity index (χ1) is 14.5. The van der Waals surface area contributed by atoms with Crippen LogP contribution >= 0.6 is 0 Å². The quantitative estimate of drug-likeness (QED) is 0.688. The summed E-state index contributed by atoms with van der Waals surface area (Å²) in [6.45, 7) is 2.73. The predicted molar refractivity (Wildman–Crippen MR) is 111 cm³/mol. The zero-order valence-electron chi connectivity index (χ0n) is 17.3. The highest BCUT2D eigenvalue weighted by Gasteiger charge is 2.35. The van der Waals surface area contributed by atoms with Crippen LogP contribution in [0.4, 0.5) is 10.6 Å². The minimum absolute atomic E-state index is 0.106. The van der Waals surface area contributed by atoms with Gasteiger partial charge in [-0.25, -0.2) is 9.78 Å². The zero-order valence-corrected chi connectivity index (χ0v) is 17.3. The lowest BCUT2D eigenvalue weighted by atomic mass is 10.1. The number of urea groups is 1. The van der Waals surface area contributed by atoms with Gasteiger partial charge in [0.2, 0.25) is 0 Å². The second-order valence-corrected chi connectivity index (χ2v) is 7.97. The number of hydrogen-bond acceptors (Lipinski definition) is 5. The molecule has 2 aliphatic rings. The molecule has 1 atom stereocenters. The zero-order chi connectivity index (χ0) is 21.1. The van der Waals surface area contributed by atoms with E-state index in [1.165, 1.54) is 5.56 Å². The molecule has 2 aromatic heterocycles. The molecule has 2 aromatic rings. The highest BCUT2D eigenvalue weighted by Crippen LogP contribution is 2.28. The maximum atomic E-state index is 12.9. The summed E-state index contributed by atoms with van der Waals surface area (Å²) in [5.74, 6) is 0.0670. The van der Waals surface area contributed by atoms with Crippen LogP contribution in [0.5, 0.6) is 0 Å². The largest absolute Gasteiger partial charge is 0.481 e.